The molecular weight excluding hydrogens is 660 g/mol. The number of rotatable bonds is 3. The van der Waals surface area contributed by atoms with Crippen LogP contribution >= 0.6 is 15.3 Å². The number of H-pyrrole nitrogens is 1. The molecule has 10 atom stereocenters. The smallest absolute Gasteiger partial charge is 0.382 e. The normalized spacial score (nSPS) is 37.1. The zero-order chi connectivity index (χ0) is 32.5. The standard InChI is InChI=1S/C21H24BFN10O11P2/c1-38-13-8-3-40-46(36,37)44-12-7(41-19(9(12)23)32-5-28-10-15(24)26-4-27-16(10)32)2-39-45(22,35)43-14(13)20(42-8)33-6-29-11-17(33)30-21(25)31-18(11)34/h4-9,12-14,19-20H,2-3H2,1H3,(H,36,37)(H2,24,26,27)(H3,25,30,31,34). The number of nitrogens with two attached hydrogens (primary N) is 2. The second kappa shape index (κ2) is 11.4. The van der Waals surface area contributed by atoms with E-state index in [1.807, 2.05) is 0 Å². The number of fused-ring (bicyclic) bond motifs is 5. The fourth-order valence-corrected chi connectivity index (χ4v) is 7.49. The number of hydrogen-bond acceptors (Lipinski definition) is 17. The number of ether oxygens (including phenoxy) is 3. The first-order valence-corrected chi connectivity index (χ1v) is 16.5. The quantitative estimate of drug-likeness (QED) is 0.156. The van der Waals surface area contributed by atoms with Crippen molar-refractivity contribution in [2.45, 2.75) is 49.1 Å². The Morgan fingerprint density at radius 2 is 1.70 bits per heavy atom. The molecule has 3 aliphatic heterocycles. The summed E-state index contributed by atoms with van der Waals surface area (Å²) in [6.07, 6.45) is -8.52. The van der Waals surface area contributed by atoms with Crippen molar-refractivity contribution in [1.82, 2.24) is 39.0 Å². The number of halogens is 1. The molecule has 21 nitrogen and oxygen atoms in total. The molecule has 3 saturated heterocycles. The summed E-state index contributed by atoms with van der Waals surface area (Å²) in [6.45, 7) is -1.43. The SMILES string of the molecule is [B]P1(=O)OCC2OC(n3cnc4c(N)ncnc43)C(F)C2OP(=O)(O)OCC2OC(n3cnc4c(=O)[nH]c(N)nc43)C(O1)C2OC. The van der Waals surface area contributed by atoms with Gasteiger partial charge in [0.05, 0.1) is 25.9 Å². The summed E-state index contributed by atoms with van der Waals surface area (Å²) in [7, 11) is -2.42. The Bertz CT molecular complexity index is 1960. The number of aromatic nitrogens is 8. The first-order chi connectivity index (χ1) is 21.9. The summed E-state index contributed by atoms with van der Waals surface area (Å²) < 4.78 is 84.1. The molecule has 4 aromatic heterocycles. The Morgan fingerprint density at radius 1 is 1.00 bits per heavy atom. The van der Waals surface area contributed by atoms with Gasteiger partial charge in [-0.05, 0) is 0 Å². The van der Waals surface area contributed by atoms with Crippen molar-refractivity contribution < 1.29 is 50.7 Å². The second-order valence-electron chi connectivity index (χ2n) is 10.4. The van der Waals surface area contributed by atoms with Crippen molar-refractivity contribution in [1.29, 1.82) is 0 Å². The highest BCUT2D eigenvalue weighted by Gasteiger charge is 2.54. The van der Waals surface area contributed by atoms with E-state index in [0.717, 1.165) is 6.33 Å². The number of nitrogens with one attached hydrogen (secondary N) is 1. The fourth-order valence-electron chi connectivity index (χ4n) is 5.56. The molecule has 3 aliphatic rings. The molecule has 4 aromatic rings. The molecule has 46 heavy (non-hydrogen) atoms. The van der Waals surface area contributed by atoms with Crippen LogP contribution in [0.5, 0.6) is 0 Å². The van der Waals surface area contributed by atoms with E-state index in [1.165, 1.54) is 28.9 Å². The van der Waals surface area contributed by atoms with Crippen molar-refractivity contribution in [2.24, 2.45) is 0 Å². The number of methoxy groups -OCH3 is 1. The van der Waals surface area contributed by atoms with Gasteiger partial charge in [0.1, 0.15) is 42.4 Å². The third kappa shape index (κ3) is 5.41. The Hall–Kier alpha value is -3.37. The maximum Gasteiger partial charge on any atom is 0.472 e. The number of phosphoric acid groups is 1. The number of anilines is 2. The van der Waals surface area contributed by atoms with E-state index < -0.39 is 83.2 Å². The van der Waals surface area contributed by atoms with Crippen LogP contribution < -0.4 is 17.0 Å². The van der Waals surface area contributed by atoms with Crippen LogP contribution in [-0.2, 0) is 41.4 Å². The van der Waals surface area contributed by atoms with Gasteiger partial charge in [-0.3, -0.25) is 32.5 Å². The Morgan fingerprint density at radius 3 is 2.46 bits per heavy atom. The topological polar surface area (TPSA) is 278 Å². The van der Waals surface area contributed by atoms with Crippen molar-refractivity contribution in [3.63, 3.8) is 0 Å². The summed E-state index contributed by atoms with van der Waals surface area (Å²) >= 11 is 0. The highest BCUT2D eigenvalue weighted by molar-refractivity contribution is 7.79. The van der Waals surface area contributed by atoms with Crippen LogP contribution in [0.15, 0.2) is 23.8 Å². The van der Waals surface area contributed by atoms with Crippen molar-refractivity contribution in [2.75, 3.05) is 31.8 Å². The Labute approximate surface area is 257 Å². The monoisotopic (exact) mass is 684 g/mol. The van der Waals surface area contributed by atoms with Gasteiger partial charge in [0.2, 0.25) is 13.5 Å². The van der Waals surface area contributed by atoms with E-state index in [4.69, 9.17) is 51.3 Å². The van der Waals surface area contributed by atoms with Crippen LogP contribution in [0.2, 0.25) is 0 Å². The second-order valence-corrected chi connectivity index (χ2v) is 13.3. The number of imidazole rings is 2. The number of alkyl halides is 1. The molecule has 3 fully saturated rings. The molecule has 244 valence electrons. The van der Waals surface area contributed by atoms with Gasteiger partial charge in [-0.1, -0.05) is 0 Å². The summed E-state index contributed by atoms with van der Waals surface area (Å²) in [4.78, 5) is 45.5. The van der Waals surface area contributed by atoms with Crippen molar-refractivity contribution in [3.05, 3.63) is 29.3 Å². The lowest BCUT2D eigenvalue weighted by atomic mass is 10.1. The fraction of sp³-hybridized carbons (Fsp3) is 0.524. The number of hydrogen-bond donors (Lipinski definition) is 4. The summed E-state index contributed by atoms with van der Waals surface area (Å²) in [5.74, 6) is -0.213. The Kier molecular flexibility index (Phi) is 7.75. The molecule has 0 saturated carbocycles. The zero-order valence-electron chi connectivity index (χ0n) is 23.4. The molecule has 6 N–H and O–H groups in total. The first-order valence-electron chi connectivity index (χ1n) is 13.4. The molecule has 25 heteroatoms. The van der Waals surface area contributed by atoms with Gasteiger partial charge in [-0.25, -0.2) is 28.9 Å². The summed E-state index contributed by atoms with van der Waals surface area (Å²) in [5, 5.41) is 0. The molecule has 7 heterocycles. The molecule has 2 radical (unpaired) electrons. The third-order valence-corrected chi connectivity index (χ3v) is 9.59. The van der Waals surface area contributed by atoms with Gasteiger partial charge in [0, 0.05) is 7.11 Å². The maximum atomic E-state index is 16.0. The molecule has 0 aliphatic carbocycles. The van der Waals surface area contributed by atoms with Gasteiger partial charge in [-0.2, -0.15) is 4.98 Å². The number of nitrogens with zero attached hydrogens (tertiary/aromatic N) is 7. The number of phosphoric ester groups is 1. The van der Waals surface area contributed by atoms with Gasteiger partial charge in [0.25, 0.3) is 13.0 Å². The minimum absolute atomic E-state index is 0.0213. The van der Waals surface area contributed by atoms with E-state index >= 15 is 4.39 Å². The molecule has 7 rings (SSSR count). The average Bonchev–Trinajstić information content (AvgIpc) is 3.75. The van der Waals surface area contributed by atoms with Gasteiger partial charge < -0.3 is 39.6 Å². The first kappa shape index (κ1) is 31.2. The van der Waals surface area contributed by atoms with E-state index in [-0.39, 0.29) is 34.1 Å². The van der Waals surface area contributed by atoms with Gasteiger partial charge in [0.15, 0.2) is 41.3 Å². The van der Waals surface area contributed by atoms with Crippen LogP contribution in [0.3, 0.4) is 0 Å². The van der Waals surface area contributed by atoms with Crippen LogP contribution in [0, 0.1) is 0 Å². The maximum absolute atomic E-state index is 16.0. The molecule has 0 spiro atoms. The predicted octanol–water partition coefficient (Wildman–Crippen LogP) is -0.534. The minimum atomic E-state index is -5.07. The van der Waals surface area contributed by atoms with Crippen molar-refractivity contribution in [3.8, 4) is 0 Å². The minimum Gasteiger partial charge on any atom is -0.382 e. The summed E-state index contributed by atoms with van der Waals surface area (Å²) in [6, 6.07) is 0. The van der Waals surface area contributed by atoms with E-state index in [2.05, 4.69) is 29.9 Å². The van der Waals surface area contributed by atoms with Crippen LogP contribution in [0.25, 0.3) is 22.3 Å². The van der Waals surface area contributed by atoms with E-state index in [1.54, 1.807) is 0 Å². The predicted molar refractivity (Wildman–Crippen MR) is 151 cm³/mol. The lowest BCUT2D eigenvalue weighted by molar-refractivity contribution is -0.0631. The summed E-state index contributed by atoms with van der Waals surface area (Å²) in [5.41, 5.74) is 11.0. The van der Waals surface area contributed by atoms with E-state index in [9.17, 15) is 18.8 Å². The number of aromatic amines is 1. The molecule has 0 amide bonds. The zero-order valence-corrected chi connectivity index (χ0v) is 25.2. The molecule has 10 unspecified atom stereocenters. The van der Waals surface area contributed by atoms with Crippen LogP contribution in [-0.4, -0.2) is 109 Å². The largest absolute Gasteiger partial charge is 0.472 e. The molecule has 2 bridgehead atoms. The number of nitrogen functional groups attached to an aromatic ring is 2. The highest BCUT2D eigenvalue weighted by Crippen LogP contribution is 2.54. The lowest BCUT2D eigenvalue weighted by Crippen LogP contribution is -2.37. The highest BCUT2D eigenvalue weighted by atomic mass is 31.2. The van der Waals surface area contributed by atoms with Gasteiger partial charge in [-0.15, -0.1) is 0 Å². The molecular formula is C21H24BFN10O11P2. The van der Waals surface area contributed by atoms with Crippen LogP contribution in [0.1, 0.15) is 12.5 Å². The lowest BCUT2D eigenvalue weighted by Gasteiger charge is -2.28. The van der Waals surface area contributed by atoms with Gasteiger partial charge >= 0.3 is 7.82 Å². The van der Waals surface area contributed by atoms with E-state index in [0.29, 0.717) is 0 Å². The average molecular weight is 684 g/mol. The Balaban J connectivity index is 1.22. The third-order valence-electron chi connectivity index (χ3n) is 7.55. The van der Waals surface area contributed by atoms with Crippen LogP contribution in [0.4, 0.5) is 16.2 Å². The van der Waals surface area contributed by atoms with Crippen molar-refractivity contribution >= 4 is 57.0 Å². The molecule has 0 aromatic carbocycles.